The highest BCUT2D eigenvalue weighted by Gasteiger charge is 2.26. The van der Waals surface area contributed by atoms with Gasteiger partial charge in [-0.05, 0) is 32.9 Å². The van der Waals surface area contributed by atoms with Crippen molar-refractivity contribution < 1.29 is 9.21 Å². The fourth-order valence-corrected chi connectivity index (χ4v) is 2.72. The van der Waals surface area contributed by atoms with Crippen molar-refractivity contribution in [3.8, 4) is 11.5 Å². The van der Waals surface area contributed by atoms with Gasteiger partial charge in [0, 0.05) is 6.07 Å². The zero-order chi connectivity index (χ0) is 19.2. The molecule has 0 unspecified atom stereocenters. The van der Waals surface area contributed by atoms with Gasteiger partial charge in [-0.2, -0.15) is 10.2 Å². The highest BCUT2D eigenvalue weighted by molar-refractivity contribution is 6.12. The highest BCUT2D eigenvalue weighted by atomic mass is 16.3. The molecule has 0 aliphatic heterocycles. The minimum absolute atomic E-state index is 0.139. The predicted octanol–water partition coefficient (Wildman–Crippen LogP) is 2.40. The van der Waals surface area contributed by atoms with Gasteiger partial charge in [-0.1, -0.05) is 0 Å². The first kappa shape index (κ1) is 16.8. The van der Waals surface area contributed by atoms with Crippen LogP contribution in [0.2, 0.25) is 0 Å². The Morgan fingerprint density at radius 3 is 2.85 bits per heavy atom. The molecule has 0 aliphatic rings. The number of hydrogen-bond acceptors (Lipinski definition) is 7. The lowest BCUT2D eigenvalue weighted by molar-refractivity contribution is 0.102. The zero-order valence-electron chi connectivity index (χ0n) is 15.0. The summed E-state index contributed by atoms with van der Waals surface area (Å²) in [4.78, 5) is 21.1. The average molecular weight is 366 g/mol. The van der Waals surface area contributed by atoms with E-state index in [0.717, 1.165) is 0 Å². The molecule has 0 bridgehead atoms. The summed E-state index contributed by atoms with van der Waals surface area (Å²) in [6, 6.07) is 5.22. The number of aromatic amines is 1. The summed E-state index contributed by atoms with van der Waals surface area (Å²) >= 11 is 0. The molecule has 4 rings (SSSR count). The number of rotatable bonds is 3. The van der Waals surface area contributed by atoms with E-state index in [0.29, 0.717) is 28.3 Å². The Kier molecular flexibility index (Phi) is 3.69. The lowest BCUT2D eigenvalue weighted by Crippen LogP contribution is -2.24. The van der Waals surface area contributed by atoms with E-state index in [9.17, 15) is 4.79 Å². The summed E-state index contributed by atoms with van der Waals surface area (Å²) in [5, 5.41) is 14.5. The third kappa shape index (κ3) is 2.90. The van der Waals surface area contributed by atoms with Crippen molar-refractivity contribution in [3.63, 3.8) is 0 Å². The van der Waals surface area contributed by atoms with Crippen molar-refractivity contribution >= 4 is 28.6 Å². The van der Waals surface area contributed by atoms with Crippen LogP contribution >= 0.6 is 0 Å². The third-order valence-electron chi connectivity index (χ3n) is 3.95. The molecule has 0 saturated carbocycles. The van der Waals surface area contributed by atoms with Crippen LogP contribution in [0.1, 0.15) is 31.3 Å². The molecule has 10 heteroatoms. The number of nitrogens with two attached hydrogens (primary N) is 1. The molecule has 0 radical (unpaired) electrons. The number of fused-ring (bicyclic) bond motifs is 1. The smallest absolute Gasteiger partial charge is 0.278 e. The quantitative estimate of drug-likeness (QED) is 0.505. The van der Waals surface area contributed by atoms with Crippen molar-refractivity contribution in [1.82, 2.24) is 29.9 Å². The van der Waals surface area contributed by atoms with Gasteiger partial charge in [-0.3, -0.25) is 9.89 Å². The zero-order valence-corrected chi connectivity index (χ0v) is 15.0. The SMILES string of the molecule is CC(C)(C)n1nc(C(=O)Nc2cc(-c3ccco3)[nH]n2)c2c(N)ncnc21. The van der Waals surface area contributed by atoms with Gasteiger partial charge in [0.25, 0.3) is 5.91 Å². The molecule has 4 heterocycles. The largest absolute Gasteiger partial charge is 0.463 e. The second-order valence-corrected chi connectivity index (χ2v) is 6.99. The van der Waals surface area contributed by atoms with Crippen LogP contribution in [0.5, 0.6) is 0 Å². The Morgan fingerprint density at radius 2 is 2.15 bits per heavy atom. The molecule has 0 atom stereocenters. The van der Waals surface area contributed by atoms with Crippen molar-refractivity contribution in [3.05, 3.63) is 36.5 Å². The Balaban J connectivity index is 1.71. The first-order chi connectivity index (χ1) is 12.8. The molecule has 0 saturated heterocycles. The standard InChI is InChI=1S/C17H18N8O2/c1-17(2,3)25-15-12(14(18)19-8-20-15)13(24-25)16(26)21-11-7-9(22-23-11)10-5-4-6-27-10/h4-8H,1-3H3,(H2,18,19,20)(H2,21,22,23,26). The number of aromatic nitrogens is 6. The molecule has 138 valence electrons. The number of carbonyl (C=O) groups excluding carboxylic acids is 1. The predicted molar refractivity (Wildman–Crippen MR) is 99.0 cm³/mol. The van der Waals surface area contributed by atoms with Crippen LogP contribution in [0.15, 0.2) is 35.2 Å². The molecular weight excluding hydrogens is 348 g/mol. The van der Waals surface area contributed by atoms with Gasteiger partial charge < -0.3 is 15.5 Å². The fourth-order valence-electron chi connectivity index (χ4n) is 2.72. The maximum Gasteiger partial charge on any atom is 0.278 e. The number of carbonyl (C=O) groups is 1. The van der Waals surface area contributed by atoms with Crippen LogP contribution in [0.3, 0.4) is 0 Å². The van der Waals surface area contributed by atoms with Gasteiger partial charge in [-0.15, -0.1) is 0 Å². The Bertz CT molecular complexity index is 1120. The average Bonchev–Trinajstić information content (AvgIpc) is 3.33. The van der Waals surface area contributed by atoms with E-state index in [1.807, 2.05) is 20.8 Å². The van der Waals surface area contributed by atoms with Gasteiger partial charge in [-0.25, -0.2) is 14.6 Å². The van der Waals surface area contributed by atoms with E-state index in [1.165, 1.54) is 6.33 Å². The molecule has 4 N–H and O–H groups in total. The first-order valence-electron chi connectivity index (χ1n) is 8.25. The molecule has 4 aromatic heterocycles. The minimum Gasteiger partial charge on any atom is -0.463 e. The van der Waals surface area contributed by atoms with Crippen LogP contribution < -0.4 is 11.1 Å². The van der Waals surface area contributed by atoms with Crippen molar-refractivity contribution in [2.75, 3.05) is 11.1 Å². The first-order valence-corrected chi connectivity index (χ1v) is 8.25. The fraction of sp³-hybridized carbons (Fsp3) is 0.235. The molecule has 27 heavy (non-hydrogen) atoms. The number of nitrogens with zero attached hydrogens (tertiary/aromatic N) is 5. The third-order valence-corrected chi connectivity index (χ3v) is 3.95. The molecule has 0 aromatic carbocycles. The van der Waals surface area contributed by atoms with Gasteiger partial charge >= 0.3 is 0 Å². The number of H-pyrrole nitrogens is 1. The van der Waals surface area contributed by atoms with Crippen molar-refractivity contribution in [2.24, 2.45) is 0 Å². The Hall–Kier alpha value is -3.69. The van der Waals surface area contributed by atoms with Crippen LogP contribution in [0.4, 0.5) is 11.6 Å². The van der Waals surface area contributed by atoms with E-state index >= 15 is 0 Å². The molecule has 0 aliphatic carbocycles. The molecule has 0 fully saturated rings. The van der Waals surface area contributed by atoms with E-state index in [-0.39, 0.29) is 11.5 Å². The summed E-state index contributed by atoms with van der Waals surface area (Å²) in [7, 11) is 0. The summed E-state index contributed by atoms with van der Waals surface area (Å²) in [6.45, 7) is 5.88. The Labute approximate surface area is 153 Å². The van der Waals surface area contributed by atoms with Crippen LogP contribution in [-0.4, -0.2) is 35.9 Å². The van der Waals surface area contributed by atoms with E-state index in [1.54, 1.807) is 29.1 Å². The van der Waals surface area contributed by atoms with Gasteiger partial charge in [0.15, 0.2) is 22.9 Å². The minimum atomic E-state index is -0.456. The van der Waals surface area contributed by atoms with Crippen molar-refractivity contribution in [2.45, 2.75) is 26.3 Å². The Morgan fingerprint density at radius 1 is 1.33 bits per heavy atom. The number of anilines is 2. The number of amides is 1. The van der Waals surface area contributed by atoms with E-state index in [2.05, 4.69) is 30.6 Å². The van der Waals surface area contributed by atoms with E-state index in [4.69, 9.17) is 10.2 Å². The highest BCUT2D eigenvalue weighted by Crippen LogP contribution is 2.27. The van der Waals surface area contributed by atoms with Crippen LogP contribution in [0, 0.1) is 0 Å². The van der Waals surface area contributed by atoms with Gasteiger partial charge in [0.05, 0.1) is 17.2 Å². The van der Waals surface area contributed by atoms with E-state index < -0.39 is 11.4 Å². The summed E-state index contributed by atoms with van der Waals surface area (Å²) in [5.41, 5.74) is 6.88. The number of nitrogen functional groups attached to an aromatic ring is 1. The lowest BCUT2D eigenvalue weighted by Gasteiger charge is -2.19. The van der Waals surface area contributed by atoms with Gasteiger partial charge in [0.1, 0.15) is 17.8 Å². The summed E-state index contributed by atoms with van der Waals surface area (Å²) in [5.74, 6) is 0.685. The summed E-state index contributed by atoms with van der Waals surface area (Å²) < 4.78 is 6.96. The molecule has 0 spiro atoms. The maximum absolute atomic E-state index is 12.8. The molecule has 1 amide bonds. The second-order valence-electron chi connectivity index (χ2n) is 6.99. The number of furan rings is 1. The normalized spacial score (nSPS) is 11.8. The van der Waals surface area contributed by atoms with Gasteiger partial charge in [0.2, 0.25) is 0 Å². The summed E-state index contributed by atoms with van der Waals surface area (Å²) in [6.07, 6.45) is 2.91. The molecular formula is C17H18N8O2. The monoisotopic (exact) mass is 366 g/mol. The second kappa shape index (κ2) is 5.94. The topological polar surface area (TPSA) is 141 Å². The van der Waals surface area contributed by atoms with Crippen molar-refractivity contribution in [1.29, 1.82) is 0 Å². The van der Waals surface area contributed by atoms with Crippen LogP contribution in [0.25, 0.3) is 22.5 Å². The number of nitrogens with one attached hydrogen (secondary N) is 2. The molecule has 4 aromatic rings. The van der Waals surface area contributed by atoms with Crippen LogP contribution in [-0.2, 0) is 5.54 Å². The lowest BCUT2D eigenvalue weighted by atomic mass is 10.1. The number of hydrogen-bond donors (Lipinski definition) is 3. The molecule has 10 nitrogen and oxygen atoms in total. The maximum atomic E-state index is 12.8.